The SMILES string of the molecule is CCC(C)CSc1ccc(C(C)NC)cc1Cl. The van der Waals surface area contributed by atoms with Gasteiger partial charge in [-0.15, -0.1) is 11.8 Å². The van der Waals surface area contributed by atoms with E-state index in [0.717, 1.165) is 16.7 Å². The van der Waals surface area contributed by atoms with Crippen LogP contribution in [0.5, 0.6) is 0 Å². The van der Waals surface area contributed by atoms with Gasteiger partial charge >= 0.3 is 0 Å². The number of benzene rings is 1. The quantitative estimate of drug-likeness (QED) is 0.749. The minimum atomic E-state index is 0.348. The normalized spacial score (nSPS) is 14.6. The Bertz CT molecular complexity index is 354. The Morgan fingerprint density at radius 2 is 2.06 bits per heavy atom. The summed E-state index contributed by atoms with van der Waals surface area (Å²) in [7, 11) is 1.96. The smallest absolute Gasteiger partial charge is 0.0545 e. The first-order chi connectivity index (χ1) is 8.08. The Hall–Kier alpha value is -0.180. The molecular formula is C14H22ClNS. The zero-order chi connectivity index (χ0) is 12.8. The molecule has 0 radical (unpaired) electrons. The zero-order valence-electron chi connectivity index (χ0n) is 11.1. The van der Waals surface area contributed by atoms with E-state index >= 15 is 0 Å². The number of halogens is 1. The van der Waals surface area contributed by atoms with E-state index < -0.39 is 0 Å². The van der Waals surface area contributed by atoms with Crippen LogP contribution >= 0.6 is 23.4 Å². The van der Waals surface area contributed by atoms with E-state index in [4.69, 9.17) is 11.6 Å². The Morgan fingerprint density at radius 1 is 1.35 bits per heavy atom. The van der Waals surface area contributed by atoms with Crippen LogP contribution in [0.1, 0.15) is 38.8 Å². The van der Waals surface area contributed by atoms with Crippen LogP contribution in [-0.4, -0.2) is 12.8 Å². The molecule has 17 heavy (non-hydrogen) atoms. The van der Waals surface area contributed by atoms with Crippen LogP contribution in [0.4, 0.5) is 0 Å². The van der Waals surface area contributed by atoms with Gasteiger partial charge in [-0.25, -0.2) is 0 Å². The summed E-state index contributed by atoms with van der Waals surface area (Å²) < 4.78 is 0. The van der Waals surface area contributed by atoms with Crippen LogP contribution < -0.4 is 5.32 Å². The van der Waals surface area contributed by atoms with Gasteiger partial charge in [-0.2, -0.15) is 0 Å². The molecule has 0 spiro atoms. The zero-order valence-corrected chi connectivity index (χ0v) is 12.7. The molecule has 0 aromatic heterocycles. The minimum absolute atomic E-state index is 0.348. The Morgan fingerprint density at radius 3 is 2.59 bits per heavy atom. The molecule has 1 aromatic carbocycles. The third-order valence-electron chi connectivity index (χ3n) is 3.11. The molecule has 2 unspecified atom stereocenters. The number of hydrogen-bond donors (Lipinski definition) is 1. The van der Waals surface area contributed by atoms with Crippen LogP contribution in [0.15, 0.2) is 23.1 Å². The van der Waals surface area contributed by atoms with Gasteiger partial charge in [0.25, 0.3) is 0 Å². The van der Waals surface area contributed by atoms with Crippen molar-refractivity contribution in [2.24, 2.45) is 5.92 Å². The Kier molecular flexibility index (Phi) is 6.39. The first kappa shape index (κ1) is 14.9. The van der Waals surface area contributed by atoms with E-state index in [1.54, 1.807) is 0 Å². The Labute approximate surface area is 114 Å². The second-order valence-electron chi connectivity index (χ2n) is 4.52. The lowest BCUT2D eigenvalue weighted by atomic mass is 10.1. The van der Waals surface area contributed by atoms with Gasteiger partial charge in [-0.05, 0) is 37.6 Å². The summed E-state index contributed by atoms with van der Waals surface area (Å²) in [5, 5.41) is 4.09. The lowest BCUT2D eigenvalue weighted by Gasteiger charge is -2.13. The van der Waals surface area contributed by atoms with Crippen LogP contribution in [0, 0.1) is 5.92 Å². The van der Waals surface area contributed by atoms with Crippen molar-refractivity contribution >= 4 is 23.4 Å². The van der Waals surface area contributed by atoms with E-state index in [-0.39, 0.29) is 0 Å². The molecule has 0 fully saturated rings. The van der Waals surface area contributed by atoms with Gasteiger partial charge in [0.1, 0.15) is 0 Å². The molecule has 0 heterocycles. The van der Waals surface area contributed by atoms with Crippen molar-refractivity contribution in [3.63, 3.8) is 0 Å². The van der Waals surface area contributed by atoms with Gasteiger partial charge in [-0.3, -0.25) is 0 Å². The third-order valence-corrected chi connectivity index (χ3v) is 4.94. The molecule has 0 amide bonds. The molecule has 96 valence electrons. The highest BCUT2D eigenvalue weighted by Crippen LogP contribution is 2.31. The van der Waals surface area contributed by atoms with Gasteiger partial charge in [0.2, 0.25) is 0 Å². The number of thioether (sulfide) groups is 1. The van der Waals surface area contributed by atoms with Crippen molar-refractivity contribution in [2.45, 2.75) is 38.1 Å². The number of nitrogens with one attached hydrogen (secondary N) is 1. The van der Waals surface area contributed by atoms with Gasteiger partial charge in [0.15, 0.2) is 0 Å². The van der Waals surface area contributed by atoms with Crippen molar-refractivity contribution in [2.75, 3.05) is 12.8 Å². The Balaban J connectivity index is 2.69. The maximum Gasteiger partial charge on any atom is 0.0545 e. The highest BCUT2D eigenvalue weighted by atomic mass is 35.5. The molecule has 0 aliphatic rings. The fourth-order valence-electron chi connectivity index (χ4n) is 1.42. The van der Waals surface area contributed by atoms with Crippen LogP contribution in [0.3, 0.4) is 0 Å². The second-order valence-corrected chi connectivity index (χ2v) is 5.99. The predicted octanol–water partition coefficient (Wildman–Crippen LogP) is 4.76. The average Bonchev–Trinajstić information content (AvgIpc) is 2.35. The largest absolute Gasteiger partial charge is 0.313 e. The van der Waals surface area contributed by atoms with Gasteiger partial charge < -0.3 is 5.32 Å². The molecule has 0 aliphatic carbocycles. The van der Waals surface area contributed by atoms with Gasteiger partial charge in [0.05, 0.1) is 5.02 Å². The second kappa shape index (κ2) is 7.30. The average molecular weight is 272 g/mol. The molecule has 0 bridgehead atoms. The molecule has 0 saturated carbocycles. The van der Waals surface area contributed by atoms with E-state index in [0.29, 0.717) is 6.04 Å². The van der Waals surface area contributed by atoms with Gasteiger partial charge in [-0.1, -0.05) is 37.9 Å². The number of hydrogen-bond acceptors (Lipinski definition) is 2. The highest BCUT2D eigenvalue weighted by molar-refractivity contribution is 7.99. The summed E-state index contributed by atoms with van der Waals surface area (Å²) in [4.78, 5) is 1.19. The van der Waals surface area contributed by atoms with Crippen LogP contribution in [0.2, 0.25) is 5.02 Å². The summed E-state index contributed by atoms with van der Waals surface area (Å²) in [5.41, 5.74) is 1.24. The first-order valence-electron chi connectivity index (χ1n) is 6.18. The molecule has 0 aliphatic heterocycles. The maximum absolute atomic E-state index is 6.31. The summed E-state index contributed by atoms with van der Waals surface area (Å²) in [6.45, 7) is 6.64. The van der Waals surface area contributed by atoms with Crippen molar-refractivity contribution in [1.29, 1.82) is 0 Å². The van der Waals surface area contributed by atoms with E-state index in [1.165, 1.54) is 16.9 Å². The molecule has 3 heteroatoms. The van der Waals surface area contributed by atoms with E-state index in [1.807, 2.05) is 18.8 Å². The minimum Gasteiger partial charge on any atom is -0.313 e. The molecule has 1 N–H and O–H groups in total. The van der Waals surface area contributed by atoms with Crippen molar-refractivity contribution in [3.8, 4) is 0 Å². The number of rotatable bonds is 6. The molecule has 1 aromatic rings. The molecule has 0 saturated heterocycles. The summed E-state index contributed by atoms with van der Waals surface area (Å²) >= 11 is 8.16. The predicted molar refractivity (Wildman–Crippen MR) is 79.1 cm³/mol. The van der Waals surface area contributed by atoms with Crippen molar-refractivity contribution in [3.05, 3.63) is 28.8 Å². The van der Waals surface area contributed by atoms with E-state index in [9.17, 15) is 0 Å². The summed E-state index contributed by atoms with van der Waals surface area (Å²) in [6.07, 6.45) is 1.22. The lowest BCUT2D eigenvalue weighted by Crippen LogP contribution is -2.12. The molecule has 1 nitrogen and oxygen atoms in total. The van der Waals surface area contributed by atoms with Crippen LogP contribution in [0.25, 0.3) is 0 Å². The van der Waals surface area contributed by atoms with Crippen LogP contribution in [-0.2, 0) is 0 Å². The third kappa shape index (κ3) is 4.53. The summed E-state index contributed by atoms with van der Waals surface area (Å²) in [6, 6.07) is 6.72. The fourth-order valence-corrected chi connectivity index (χ4v) is 2.83. The molecule has 1 rings (SSSR count). The topological polar surface area (TPSA) is 12.0 Å². The fraction of sp³-hybridized carbons (Fsp3) is 0.571. The lowest BCUT2D eigenvalue weighted by molar-refractivity contribution is 0.637. The maximum atomic E-state index is 6.31. The summed E-state index contributed by atoms with van der Waals surface area (Å²) in [5.74, 6) is 1.88. The van der Waals surface area contributed by atoms with Crippen molar-refractivity contribution in [1.82, 2.24) is 5.32 Å². The highest BCUT2D eigenvalue weighted by Gasteiger charge is 2.08. The first-order valence-corrected chi connectivity index (χ1v) is 7.54. The van der Waals surface area contributed by atoms with Gasteiger partial charge in [0, 0.05) is 16.7 Å². The standard InChI is InChI=1S/C14H22ClNS/c1-5-10(2)9-17-14-7-6-12(8-13(14)15)11(3)16-4/h6-8,10-11,16H,5,9H2,1-4H3. The monoisotopic (exact) mass is 271 g/mol. The molecular weight excluding hydrogens is 250 g/mol. The molecule has 2 atom stereocenters. The van der Waals surface area contributed by atoms with Crippen molar-refractivity contribution < 1.29 is 0 Å². The van der Waals surface area contributed by atoms with E-state index in [2.05, 4.69) is 44.3 Å².